The number of β-amino-alcohol motifs (C(OH)–C–C–N with tert-alkyl or cyclic N) is 1. The van der Waals surface area contributed by atoms with Crippen molar-refractivity contribution in [2.45, 2.75) is 38.0 Å². The van der Waals surface area contributed by atoms with E-state index in [0.717, 1.165) is 12.1 Å². The number of likely N-dealkylation sites (tertiary alicyclic amines) is 1. The number of aliphatic hydroxyl groups excluding tert-OH is 1. The van der Waals surface area contributed by atoms with Gasteiger partial charge >= 0.3 is 6.18 Å². The van der Waals surface area contributed by atoms with Crippen LogP contribution >= 0.6 is 0 Å². The molecule has 1 N–H and O–H groups in total. The molecule has 2 atom stereocenters. The standard InChI is InChI=1S/C15H18F3NO2/c1-10(7-14(21)19-6-5-13(20)9-19)11-3-2-4-12(8-11)15(16,17)18/h2-4,8,10,13,20H,5-7,9H2,1H3/t10?,13-/m0/s1. The topological polar surface area (TPSA) is 40.5 Å². The fourth-order valence-corrected chi connectivity index (χ4v) is 2.50. The first-order valence-electron chi connectivity index (χ1n) is 6.90. The first-order valence-corrected chi connectivity index (χ1v) is 6.90. The number of rotatable bonds is 3. The van der Waals surface area contributed by atoms with Gasteiger partial charge in [-0.15, -0.1) is 0 Å². The number of hydrogen-bond acceptors (Lipinski definition) is 2. The van der Waals surface area contributed by atoms with E-state index >= 15 is 0 Å². The maximum absolute atomic E-state index is 12.7. The third-order valence-corrected chi connectivity index (χ3v) is 3.78. The zero-order chi connectivity index (χ0) is 15.6. The van der Waals surface area contributed by atoms with Crippen LogP contribution in [0.15, 0.2) is 24.3 Å². The highest BCUT2D eigenvalue weighted by atomic mass is 19.4. The van der Waals surface area contributed by atoms with E-state index in [1.54, 1.807) is 17.9 Å². The van der Waals surface area contributed by atoms with Gasteiger partial charge in [0, 0.05) is 19.5 Å². The summed E-state index contributed by atoms with van der Waals surface area (Å²) in [6, 6.07) is 5.08. The second-order valence-electron chi connectivity index (χ2n) is 5.51. The minimum atomic E-state index is -4.38. The van der Waals surface area contributed by atoms with E-state index in [0.29, 0.717) is 25.1 Å². The average molecular weight is 301 g/mol. The molecule has 3 nitrogen and oxygen atoms in total. The molecule has 0 bridgehead atoms. The minimum absolute atomic E-state index is 0.128. The average Bonchev–Trinajstić information content (AvgIpc) is 2.84. The molecule has 1 fully saturated rings. The van der Waals surface area contributed by atoms with Gasteiger partial charge in [0.1, 0.15) is 0 Å². The fourth-order valence-electron chi connectivity index (χ4n) is 2.50. The summed E-state index contributed by atoms with van der Waals surface area (Å²) in [6.45, 7) is 2.56. The third kappa shape index (κ3) is 3.97. The summed E-state index contributed by atoms with van der Waals surface area (Å²) in [5.74, 6) is -0.422. The van der Waals surface area contributed by atoms with Crippen LogP contribution in [0.1, 0.15) is 36.8 Å². The number of carbonyl (C=O) groups excluding carboxylic acids is 1. The molecule has 21 heavy (non-hydrogen) atoms. The van der Waals surface area contributed by atoms with E-state index < -0.39 is 17.8 Å². The number of carbonyl (C=O) groups is 1. The zero-order valence-electron chi connectivity index (χ0n) is 11.7. The van der Waals surface area contributed by atoms with Crippen LogP contribution in [0.5, 0.6) is 0 Å². The molecule has 1 aliphatic heterocycles. The summed E-state index contributed by atoms with van der Waals surface area (Å²) in [5.41, 5.74) is -0.200. The van der Waals surface area contributed by atoms with Crippen LogP contribution in [0.3, 0.4) is 0 Å². The molecule has 1 aromatic carbocycles. The third-order valence-electron chi connectivity index (χ3n) is 3.78. The van der Waals surface area contributed by atoms with Crippen molar-refractivity contribution in [3.05, 3.63) is 35.4 Å². The van der Waals surface area contributed by atoms with Crippen molar-refractivity contribution < 1.29 is 23.1 Å². The first-order chi connectivity index (χ1) is 9.77. The normalized spacial score (nSPS) is 20.6. The Hall–Kier alpha value is -1.56. The number of nitrogens with zero attached hydrogens (tertiary/aromatic N) is 1. The van der Waals surface area contributed by atoms with Crippen molar-refractivity contribution in [3.63, 3.8) is 0 Å². The van der Waals surface area contributed by atoms with Gasteiger partial charge < -0.3 is 10.0 Å². The van der Waals surface area contributed by atoms with Gasteiger partial charge in [-0.3, -0.25) is 4.79 Å². The number of hydrogen-bond donors (Lipinski definition) is 1. The number of benzene rings is 1. The molecular formula is C15H18F3NO2. The Kier molecular flexibility index (Phi) is 4.56. The Bertz CT molecular complexity index is 516. The molecule has 0 spiro atoms. The molecule has 1 aromatic rings. The number of amides is 1. The Morgan fingerprint density at radius 3 is 2.76 bits per heavy atom. The summed E-state index contributed by atoms with van der Waals surface area (Å²) in [4.78, 5) is 13.6. The lowest BCUT2D eigenvalue weighted by atomic mass is 9.95. The Morgan fingerprint density at radius 2 is 2.19 bits per heavy atom. The van der Waals surface area contributed by atoms with E-state index in [1.165, 1.54) is 6.07 Å². The van der Waals surface area contributed by atoms with Crippen molar-refractivity contribution in [1.29, 1.82) is 0 Å². The summed E-state index contributed by atoms with van der Waals surface area (Å²) in [6.07, 6.45) is -4.16. The first kappa shape index (κ1) is 15.8. The second-order valence-corrected chi connectivity index (χ2v) is 5.51. The molecule has 1 heterocycles. The van der Waals surface area contributed by atoms with Crippen LogP contribution in [-0.4, -0.2) is 35.1 Å². The van der Waals surface area contributed by atoms with Gasteiger partial charge in [0.2, 0.25) is 5.91 Å². The van der Waals surface area contributed by atoms with Crippen LogP contribution in [0.2, 0.25) is 0 Å². The summed E-state index contributed by atoms with van der Waals surface area (Å²) in [5, 5.41) is 9.41. The summed E-state index contributed by atoms with van der Waals surface area (Å²) in [7, 11) is 0. The van der Waals surface area contributed by atoms with Crippen molar-refractivity contribution in [1.82, 2.24) is 4.90 Å². The lowest BCUT2D eigenvalue weighted by Gasteiger charge is -2.19. The molecule has 0 aromatic heterocycles. The summed E-state index contributed by atoms with van der Waals surface area (Å²) < 4.78 is 38.0. The highest BCUT2D eigenvalue weighted by Gasteiger charge is 2.31. The summed E-state index contributed by atoms with van der Waals surface area (Å²) >= 11 is 0. The van der Waals surface area contributed by atoms with E-state index in [4.69, 9.17) is 0 Å². The van der Waals surface area contributed by atoms with Crippen LogP contribution in [-0.2, 0) is 11.0 Å². The molecule has 1 amide bonds. The van der Waals surface area contributed by atoms with Gasteiger partial charge in [-0.25, -0.2) is 0 Å². The van der Waals surface area contributed by atoms with E-state index in [2.05, 4.69) is 0 Å². The van der Waals surface area contributed by atoms with E-state index in [9.17, 15) is 23.1 Å². The molecule has 0 saturated carbocycles. The number of alkyl halides is 3. The molecule has 0 radical (unpaired) electrons. The molecule has 0 aliphatic carbocycles. The van der Waals surface area contributed by atoms with Gasteiger partial charge in [0.25, 0.3) is 0 Å². The van der Waals surface area contributed by atoms with Gasteiger partial charge in [-0.2, -0.15) is 13.2 Å². The SMILES string of the molecule is CC(CC(=O)N1CC[C@H](O)C1)c1cccc(C(F)(F)F)c1. The van der Waals surface area contributed by atoms with Gasteiger partial charge in [0.15, 0.2) is 0 Å². The Labute approximate surface area is 121 Å². The van der Waals surface area contributed by atoms with Crippen molar-refractivity contribution in [2.75, 3.05) is 13.1 Å². The van der Waals surface area contributed by atoms with E-state index in [-0.39, 0.29) is 18.2 Å². The lowest BCUT2D eigenvalue weighted by Crippen LogP contribution is -2.30. The lowest BCUT2D eigenvalue weighted by molar-refractivity contribution is -0.137. The van der Waals surface area contributed by atoms with Crippen molar-refractivity contribution >= 4 is 5.91 Å². The number of halogens is 3. The molecule has 116 valence electrons. The van der Waals surface area contributed by atoms with Crippen LogP contribution in [0.25, 0.3) is 0 Å². The Morgan fingerprint density at radius 1 is 1.48 bits per heavy atom. The van der Waals surface area contributed by atoms with Crippen molar-refractivity contribution in [2.24, 2.45) is 0 Å². The quantitative estimate of drug-likeness (QED) is 0.932. The predicted molar refractivity (Wildman–Crippen MR) is 71.7 cm³/mol. The number of aliphatic hydroxyl groups is 1. The van der Waals surface area contributed by atoms with Gasteiger partial charge in [-0.1, -0.05) is 25.1 Å². The maximum atomic E-state index is 12.7. The minimum Gasteiger partial charge on any atom is -0.391 e. The molecule has 6 heteroatoms. The fraction of sp³-hybridized carbons (Fsp3) is 0.533. The molecule has 1 saturated heterocycles. The maximum Gasteiger partial charge on any atom is 0.416 e. The molecule has 1 unspecified atom stereocenters. The van der Waals surface area contributed by atoms with Crippen LogP contribution in [0, 0.1) is 0 Å². The molecule has 1 aliphatic rings. The molecular weight excluding hydrogens is 283 g/mol. The molecule has 2 rings (SSSR count). The van der Waals surface area contributed by atoms with Crippen LogP contribution in [0.4, 0.5) is 13.2 Å². The van der Waals surface area contributed by atoms with Crippen molar-refractivity contribution in [3.8, 4) is 0 Å². The smallest absolute Gasteiger partial charge is 0.391 e. The van der Waals surface area contributed by atoms with Gasteiger partial charge in [0.05, 0.1) is 11.7 Å². The highest BCUT2D eigenvalue weighted by molar-refractivity contribution is 5.77. The monoisotopic (exact) mass is 301 g/mol. The Balaban J connectivity index is 2.03. The van der Waals surface area contributed by atoms with E-state index in [1.807, 2.05) is 0 Å². The van der Waals surface area contributed by atoms with Crippen LogP contribution < -0.4 is 0 Å². The predicted octanol–water partition coefficient (Wildman–Crippen LogP) is 2.79. The largest absolute Gasteiger partial charge is 0.416 e. The van der Waals surface area contributed by atoms with Gasteiger partial charge in [-0.05, 0) is 24.0 Å². The second kappa shape index (κ2) is 6.05. The highest BCUT2D eigenvalue weighted by Crippen LogP contribution is 2.32. The zero-order valence-corrected chi connectivity index (χ0v) is 11.7.